The predicted molar refractivity (Wildman–Crippen MR) is 403 cm³/mol. The molecule has 0 aliphatic carbocycles. The topological polar surface area (TPSA) is 94.0 Å². The van der Waals surface area contributed by atoms with E-state index >= 15 is 0 Å². The zero-order valence-corrected chi connectivity index (χ0v) is 65.9. The van der Waals surface area contributed by atoms with Gasteiger partial charge in [0.05, 0.1) is 76.2 Å². The van der Waals surface area contributed by atoms with Gasteiger partial charge in [-0.25, -0.2) is 9.55 Å². The van der Waals surface area contributed by atoms with Gasteiger partial charge in [-0.3, -0.25) is 4.40 Å². The van der Waals surface area contributed by atoms with Crippen LogP contribution in [0.15, 0.2) is 131 Å². The van der Waals surface area contributed by atoms with Crippen molar-refractivity contribution in [2.75, 3.05) is 67.7 Å². The molecule has 5 aliphatic heterocycles. The van der Waals surface area contributed by atoms with Gasteiger partial charge in [0.15, 0.2) is 13.0 Å². The Morgan fingerprint density at radius 1 is 0.617 bits per heavy atom. The number of rotatable bonds is 0. The van der Waals surface area contributed by atoms with Gasteiger partial charge in [0.2, 0.25) is 17.2 Å². The summed E-state index contributed by atoms with van der Waals surface area (Å²) < 4.78 is 28.1. The number of allylic oxidation sites excluding steroid dienone is 4. The van der Waals surface area contributed by atoms with E-state index in [1.54, 1.807) is 29.4 Å². The molecule has 0 bridgehead atoms. The number of para-hydroxylation sites is 1. The minimum atomic E-state index is -0.114. The summed E-state index contributed by atoms with van der Waals surface area (Å²) in [5, 5.41) is 6.63. The first-order valence-corrected chi connectivity index (χ1v) is 36.2. The van der Waals surface area contributed by atoms with Crippen LogP contribution >= 0.6 is 15.8 Å². The number of imidazole rings is 2. The summed E-state index contributed by atoms with van der Waals surface area (Å²) in [4.78, 5) is 14.4. The molecule has 21 heteroatoms. The van der Waals surface area contributed by atoms with Crippen LogP contribution in [0.25, 0.3) is 11.2 Å². The van der Waals surface area contributed by atoms with Crippen molar-refractivity contribution in [3.05, 3.63) is 177 Å². The molecule has 518 valence electrons. The van der Waals surface area contributed by atoms with E-state index in [0.29, 0.717) is 0 Å². The molecular weight excluding hydrogens is 1220 g/mol. The number of nitrogens with zero attached hydrogens (tertiary/aromatic N) is 17. The van der Waals surface area contributed by atoms with Crippen LogP contribution in [0.1, 0.15) is 127 Å². The number of aryl methyl sites for hydroxylation is 8. The van der Waals surface area contributed by atoms with Crippen LogP contribution in [-0.4, -0.2) is 150 Å². The molecule has 0 fully saturated rings. The van der Waals surface area contributed by atoms with Crippen molar-refractivity contribution in [3.63, 3.8) is 0 Å². The van der Waals surface area contributed by atoms with E-state index < -0.39 is 0 Å². The molecule has 1 aromatic carbocycles. The van der Waals surface area contributed by atoms with Gasteiger partial charge in [0.1, 0.15) is 57.3 Å². The summed E-state index contributed by atoms with van der Waals surface area (Å²) in [7, 11) is 26.4. The zero-order chi connectivity index (χ0) is 70.6. The van der Waals surface area contributed by atoms with Gasteiger partial charge in [-0.15, -0.1) is 29.2 Å². The monoisotopic (exact) mass is 1350 g/mol. The average molecular weight is 1350 g/mol. The van der Waals surface area contributed by atoms with Crippen molar-refractivity contribution < 1.29 is 36.6 Å². The summed E-state index contributed by atoms with van der Waals surface area (Å²) in [6, 6.07) is 19.6. The molecule has 0 saturated heterocycles. The summed E-state index contributed by atoms with van der Waals surface area (Å²) in [5.74, 6) is 5.65. The summed E-state index contributed by atoms with van der Waals surface area (Å²) >= 11 is 1.80. The van der Waals surface area contributed by atoms with Gasteiger partial charge >= 0.3 is 12.7 Å². The maximum absolute atomic E-state index is 5.23. The molecule has 2 atom stereocenters. The van der Waals surface area contributed by atoms with Gasteiger partial charge in [0, 0.05) is 52.1 Å². The van der Waals surface area contributed by atoms with Crippen molar-refractivity contribution >= 4 is 79.5 Å². The number of anilines is 1. The van der Waals surface area contributed by atoms with Crippen molar-refractivity contribution in [2.24, 2.45) is 42.3 Å². The lowest BCUT2D eigenvalue weighted by Crippen LogP contribution is -2.36. The second kappa shape index (κ2) is 38.1. The Balaban J connectivity index is 0.000000359. The van der Waals surface area contributed by atoms with Crippen LogP contribution in [-0.2, 0) is 58.1 Å². The van der Waals surface area contributed by atoms with Crippen molar-refractivity contribution in [2.45, 2.75) is 132 Å². The summed E-state index contributed by atoms with van der Waals surface area (Å²) in [6.45, 7) is 42.4. The number of hydrogen-bond acceptors (Lipinski definition) is 6. The molecule has 5 aliphatic rings. The molecule has 7 aromatic rings. The molecule has 6 aromatic heterocycles. The van der Waals surface area contributed by atoms with Crippen molar-refractivity contribution in [1.82, 2.24) is 43.0 Å². The number of fused-ring (bicyclic) bond motifs is 3. The lowest BCUT2D eigenvalue weighted by Gasteiger charge is -2.31. The van der Waals surface area contributed by atoms with E-state index in [1.165, 1.54) is 90.3 Å². The number of amides is 1. The van der Waals surface area contributed by atoms with E-state index in [0.717, 1.165) is 17.6 Å². The molecule has 0 radical (unpaired) electrons. The maximum Gasteiger partial charge on any atom is 0.322 e. The van der Waals surface area contributed by atoms with Gasteiger partial charge in [-0.2, -0.15) is 40.3 Å². The fourth-order valence-corrected chi connectivity index (χ4v) is 13.4. The van der Waals surface area contributed by atoms with Crippen molar-refractivity contribution in [1.29, 1.82) is 0 Å². The second-order valence-corrected chi connectivity index (χ2v) is 28.9. The normalized spacial score (nSPS) is 16.2. The number of aromatic nitrogens is 10. The third-order valence-electron chi connectivity index (χ3n) is 18.0. The summed E-state index contributed by atoms with van der Waals surface area (Å²) in [5.41, 5.74) is 19.1. The lowest BCUT2D eigenvalue weighted by atomic mass is 10.1. The molecule has 94 heavy (non-hydrogen) atoms. The van der Waals surface area contributed by atoms with E-state index in [1.807, 2.05) is 125 Å². The SMILES string of the molecule is C.CC.CC1=C(C)N(C)C=[N+](C)[C-]1C.CC1=C(C)N(C)C=[O+][C-]1C.CC1=C(C)N(C)C=[S+][C-]1C.CC1=C(C)P(C)C=[N+](C)[C-]1C.CN1c2ccccc2P(C)C=[N+]1C.C[c-]1[c-]2ccc[n+]2c[n+]1C.Cc1nc[n+](C)n1C.Cc1ncn(C)c1C.Cn1c2cccn2c[n+]1C. The van der Waals surface area contributed by atoms with Crippen LogP contribution in [0.2, 0.25) is 0 Å². The highest BCUT2D eigenvalue weighted by molar-refractivity contribution is 7.80. The lowest BCUT2D eigenvalue weighted by molar-refractivity contribution is -0.752. The number of hydrazone groups is 1. The Bertz CT molecular complexity index is 3560. The first-order chi connectivity index (χ1) is 43.5. The molecule has 2 unspecified atom stereocenters. The molecule has 12 rings (SSSR count). The Labute approximate surface area is 575 Å². The highest BCUT2D eigenvalue weighted by atomic mass is 32.1. The highest BCUT2D eigenvalue weighted by Crippen LogP contribution is 2.44. The molecule has 0 saturated carbocycles. The number of likely N-dealkylation sites (N-methyl/N-ethyl adjacent to an activating group) is 2. The van der Waals surface area contributed by atoms with E-state index in [4.69, 9.17) is 4.42 Å². The third-order valence-corrected chi connectivity index (χ3v) is 23.0. The quantitative estimate of drug-likeness (QED) is 0.0377. The minimum absolute atomic E-state index is 0. The Hall–Kier alpha value is -7.59. The molecule has 0 spiro atoms. The van der Waals surface area contributed by atoms with Gasteiger partial charge in [-0.1, -0.05) is 118 Å². The first-order valence-electron chi connectivity index (χ1n) is 31.7. The number of hydrogen-bond donors (Lipinski definition) is 0. The first kappa shape index (κ1) is 82.5. The molecular formula is C73H122N17OP2S+3. The molecule has 11 heterocycles. The smallest absolute Gasteiger partial charge is 0.322 e. The maximum atomic E-state index is 5.23. The standard InChI is InChI=1S/C10H14N2P.C9H16N2.C9H16NP.C8H10N2.C8H13NO.C8H13NS.C7H10N3.C6H10N2.C5H10N3.C2H6.CH4/c1-11-8-13(3)10-7-5-4-6-9(10)12(11)2;2*1-7-8(2)10(4)6-11(5)9(7)3;1-7-8-4-3-5-10(8)6-9(7)2;2*1-6-7(2)9(4)5-10-8(6)3;1-8-6-10-5-3-4-7(10)9(8)2;1-5-6(2)8(3)4-7-5;1-5-6-4-7(2)8(5)3;1-2;/h4-8H,1-3H3;2*6H,1-5H3;3-6H,1-2H3;2*5H,1-4H3;3-6H,1-2H3;2*4H,1-3H3;1-2H3;1H4/q+1;;;;;;+1;;+1;;. The zero-order valence-electron chi connectivity index (χ0n) is 63.3. The van der Waals surface area contributed by atoms with Gasteiger partial charge in [0.25, 0.3) is 18.6 Å². The van der Waals surface area contributed by atoms with E-state index in [2.05, 4.69) is 288 Å². The van der Waals surface area contributed by atoms with E-state index in [9.17, 15) is 0 Å². The largest absolute Gasteiger partial charge is 0.387 e. The number of benzene rings is 1. The molecule has 0 amide bonds. The Kier molecular flexibility index (Phi) is 33.4. The predicted octanol–water partition coefficient (Wildman–Crippen LogP) is 11.0. The fraction of sp³-hybridized carbons (Fsp3) is 0.466. The van der Waals surface area contributed by atoms with Crippen LogP contribution in [0, 0.1) is 51.1 Å². The fourth-order valence-electron chi connectivity index (χ4n) is 9.33. The van der Waals surface area contributed by atoms with Crippen LogP contribution in [0.5, 0.6) is 0 Å². The Morgan fingerprint density at radius 2 is 1.21 bits per heavy atom. The van der Waals surface area contributed by atoms with E-state index in [-0.39, 0.29) is 23.3 Å². The second-order valence-electron chi connectivity index (χ2n) is 23.8. The van der Waals surface area contributed by atoms with Crippen molar-refractivity contribution in [3.8, 4) is 0 Å². The minimum Gasteiger partial charge on any atom is -0.387 e. The number of hydrazine groups is 1. The Morgan fingerprint density at radius 3 is 1.72 bits per heavy atom. The van der Waals surface area contributed by atoms with Gasteiger partial charge < -0.3 is 32.8 Å². The third kappa shape index (κ3) is 22.0. The molecule has 18 nitrogen and oxygen atoms in total. The highest BCUT2D eigenvalue weighted by Gasteiger charge is 2.24. The molecule has 0 N–H and O–H groups in total. The van der Waals surface area contributed by atoms with Crippen LogP contribution in [0.4, 0.5) is 5.69 Å². The summed E-state index contributed by atoms with van der Waals surface area (Å²) in [6.07, 6.45) is 16.6. The van der Waals surface area contributed by atoms with Crippen LogP contribution < -0.4 is 28.6 Å². The van der Waals surface area contributed by atoms with Gasteiger partial charge in [-0.05, 0) is 96.7 Å². The van der Waals surface area contributed by atoms with Crippen LogP contribution in [0.3, 0.4) is 0 Å². The average Bonchev–Trinajstić information content (AvgIpc) is 1.10. The number of carbonyl (C=O) groups excluding carboxylic acids is 1.